The summed E-state index contributed by atoms with van der Waals surface area (Å²) in [7, 11) is -3.67. The standard InChI is InChI=1S/C22H27Cl2N5O.CH4O3S/c1-15-11-20(16-6-7-18(23)19(24)12-16)27-29(15)10-8-22(2,3)26-14-21(30)28-9-4-5-17(28)13-25;1-5(2,3)4/h6-7,11-12,17,26H,4-5,8-10,14H2,1-3H3;1H3,(H,2,3,4)/t17-;/m0./s1. The van der Waals surface area contributed by atoms with Gasteiger partial charge in [0.05, 0.1) is 34.6 Å². The lowest BCUT2D eigenvalue weighted by Crippen LogP contribution is -2.48. The molecular weight excluding hydrogens is 513 g/mol. The normalized spacial score (nSPS) is 15.9. The Hall–Kier alpha value is -2.16. The Morgan fingerprint density at radius 3 is 2.57 bits per heavy atom. The number of nitriles is 1. The Balaban J connectivity index is 0.000000784. The van der Waals surface area contributed by atoms with E-state index >= 15 is 0 Å². The Morgan fingerprint density at radius 1 is 1.31 bits per heavy atom. The first-order valence-electron chi connectivity index (χ1n) is 11.1. The summed E-state index contributed by atoms with van der Waals surface area (Å²) >= 11 is 12.1. The van der Waals surface area contributed by atoms with Crippen molar-refractivity contribution in [3.05, 3.63) is 40.0 Å². The summed E-state index contributed by atoms with van der Waals surface area (Å²) in [5.41, 5.74) is 2.58. The van der Waals surface area contributed by atoms with Crippen molar-refractivity contribution in [2.24, 2.45) is 0 Å². The minimum absolute atomic E-state index is 0.00991. The first-order valence-corrected chi connectivity index (χ1v) is 13.7. The lowest BCUT2D eigenvalue weighted by molar-refractivity contribution is -0.130. The molecule has 9 nitrogen and oxygen atoms in total. The third kappa shape index (κ3) is 9.43. The molecule has 12 heteroatoms. The number of carbonyl (C=O) groups excluding carboxylic acids is 1. The molecule has 2 N–H and O–H groups in total. The fourth-order valence-corrected chi connectivity index (χ4v) is 3.92. The molecule has 2 aromatic rings. The highest BCUT2D eigenvalue weighted by atomic mass is 35.5. The van der Waals surface area contributed by atoms with Crippen LogP contribution in [0.1, 0.15) is 38.8 Å². The Labute approximate surface area is 216 Å². The van der Waals surface area contributed by atoms with E-state index in [-0.39, 0.29) is 24.0 Å². The van der Waals surface area contributed by atoms with Crippen molar-refractivity contribution in [1.82, 2.24) is 20.0 Å². The largest absolute Gasteiger partial charge is 0.326 e. The quantitative estimate of drug-likeness (QED) is 0.506. The second-order valence-electron chi connectivity index (χ2n) is 9.12. The number of rotatable bonds is 7. The van der Waals surface area contributed by atoms with Crippen molar-refractivity contribution in [3.8, 4) is 17.3 Å². The number of hydrogen-bond acceptors (Lipinski definition) is 6. The van der Waals surface area contributed by atoms with Crippen LogP contribution < -0.4 is 5.32 Å². The van der Waals surface area contributed by atoms with Gasteiger partial charge in [0.1, 0.15) is 6.04 Å². The van der Waals surface area contributed by atoms with Gasteiger partial charge in [0, 0.05) is 29.9 Å². The second kappa shape index (κ2) is 12.2. The Kier molecular flexibility index (Phi) is 10.1. The highest BCUT2D eigenvalue weighted by molar-refractivity contribution is 7.85. The zero-order valence-corrected chi connectivity index (χ0v) is 22.6. The third-order valence-corrected chi connectivity index (χ3v) is 6.32. The van der Waals surface area contributed by atoms with Crippen LogP contribution >= 0.6 is 23.2 Å². The van der Waals surface area contributed by atoms with Crippen molar-refractivity contribution in [3.63, 3.8) is 0 Å². The molecule has 1 aromatic heterocycles. The zero-order valence-electron chi connectivity index (χ0n) is 20.3. The molecule has 192 valence electrons. The van der Waals surface area contributed by atoms with Gasteiger partial charge in [0.15, 0.2) is 0 Å². The topological polar surface area (TPSA) is 128 Å². The van der Waals surface area contributed by atoms with E-state index in [1.807, 2.05) is 29.8 Å². The van der Waals surface area contributed by atoms with Crippen LogP contribution in [0.3, 0.4) is 0 Å². The average molecular weight is 545 g/mol. The summed E-state index contributed by atoms with van der Waals surface area (Å²) in [5, 5.41) is 18.3. The van der Waals surface area contributed by atoms with Gasteiger partial charge in [-0.3, -0.25) is 14.0 Å². The molecule has 1 amide bonds. The number of carbonyl (C=O) groups is 1. The number of nitrogens with zero attached hydrogens (tertiary/aromatic N) is 4. The molecule has 0 saturated carbocycles. The summed E-state index contributed by atoms with van der Waals surface area (Å²) in [6.45, 7) is 7.79. The maximum atomic E-state index is 12.5. The van der Waals surface area contributed by atoms with Gasteiger partial charge in [-0.2, -0.15) is 18.8 Å². The number of nitrogens with one attached hydrogen (secondary N) is 1. The van der Waals surface area contributed by atoms with Crippen LogP contribution in [0.2, 0.25) is 10.0 Å². The molecule has 3 rings (SSSR count). The van der Waals surface area contributed by atoms with Gasteiger partial charge < -0.3 is 10.2 Å². The SMILES string of the molecule is CS(=O)(=O)O.Cc1cc(-c2ccc(Cl)c(Cl)c2)nn1CCC(C)(C)NCC(=O)N1CCC[C@H]1C#N. The summed E-state index contributed by atoms with van der Waals surface area (Å²) < 4.78 is 27.8. The van der Waals surface area contributed by atoms with Crippen LogP contribution in [0.25, 0.3) is 11.3 Å². The zero-order chi connectivity index (χ0) is 26.4. The molecule has 0 bridgehead atoms. The number of aromatic nitrogens is 2. The van der Waals surface area contributed by atoms with Gasteiger partial charge in [-0.05, 0) is 58.2 Å². The fourth-order valence-electron chi connectivity index (χ4n) is 3.62. The lowest BCUT2D eigenvalue weighted by Gasteiger charge is -2.28. The lowest BCUT2D eigenvalue weighted by atomic mass is 10.0. The predicted octanol–water partition coefficient (Wildman–Crippen LogP) is 3.94. The maximum absolute atomic E-state index is 12.5. The number of aryl methyl sites for hydroxylation is 2. The van der Waals surface area contributed by atoms with E-state index in [2.05, 4.69) is 25.2 Å². The molecule has 1 atom stereocenters. The molecule has 0 unspecified atom stereocenters. The van der Waals surface area contributed by atoms with Gasteiger partial charge in [-0.1, -0.05) is 29.3 Å². The summed E-state index contributed by atoms with van der Waals surface area (Å²) in [4.78, 5) is 14.2. The number of hydrogen-bond donors (Lipinski definition) is 2. The van der Waals surface area contributed by atoms with E-state index in [4.69, 9.17) is 32.9 Å². The van der Waals surface area contributed by atoms with Crippen LogP contribution in [-0.4, -0.2) is 64.5 Å². The van der Waals surface area contributed by atoms with E-state index < -0.39 is 10.1 Å². The third-order valence-electron chi connectivity index (χ3n) is 5.59. The number of likely N-dealkylation sites (tertiary alicyclic amines) is 1. The van der Waals surface area contributed by atoms with Crippen molar-refractivity contribution >= 4 is 39.2 Å². The molecule has 1 fully saturated rings. The summed E-state index contributed by atoms with van der Waals surface area (Å²) in [5.74, 6) is -0.00991. The maximum Gasteiger partial charge on any atom is 0.261 e. The summed E-state index contributed by atoms with van der Waals surface area (Å²) in [6, 6.07) is 9.46. The average Bonchev–Trinajstić information content (AvgIpc) is 3.38. The minimum atomic E-state index is -3.67. The Morgan fingerprint density at radius 2 is 1.97 bits per heavy atom. The number of benzene rings is 1. The smallest absolute Gasteiger partial charge is 0.261 e. The van der Waals surface area contributed by atoms with Gasteiger partial charge in [0.2, 0.25) is 5.91 Å². The molecular formula is C23H31Cl2N5O4S. The van der Waals surface area contributed by atoms with E-state index in [0.29, 0.717) is 29.4 Å². The molecule has 2 heterocycles. The predicted molar refractivity (Wildman–Crippen MR) is 137 cm³/mol. The molecule has 0 aliphatic carbocycles. The van der Waals surface area contributed by atoms with Crippen LogP contribution in [0.5, 0.6) is 0 Å². The van der Waals surface area contributed by atoms with E-state index in [1.165, 1.54) is 0 Å². The molecule has 0 radical (unpaired) electrons. The van der Waals surface area contributed by atoms with E-state index in [1.54, 1.807) is 11.0 Å². The molecule has 1 aromatic carbocycles. The second-order valence-corrected chi connectivity index (χ2v) is 11.4. The van der Waals surface area contributed by atoms with Crippen LogP contribution in [0.4, 0.5) is 0 Å². The molecule has 1 aliphatic rings. The minimum Gasteiger partial charge on any atom is -0.326 e. The van der Waals surface area contributed by atoms with E-state index in [0.717, 1.165) is 36.2 Å². The molecule has 35 heavy (non-hydrogen) atoms. The Bertz CT molecular complexity index is 1180. The van der Waals surface area contributed by atoms with Crippen molar-refractivity contribution < 1.29 is 17.8 Å². The monoisotopic (exact) mass is 543 g/mol. The number of halogens is 2. The van der Waals surface area contributed by atoms with E-state index in [9.17, 15) is 18.5 Å². The number of amides is 1. The van der Waals surface area contributed by atoms with Gasteiger partial charge in [-0.25, -0.2) is 0 Å². The molecule has 1 saturated heterocycles. The van der Waals surface area contributed by atoms with Gasteiger partial charge >= 0.3 is 0 Å². The molecule has 1 aliphatic heterocycles. The van der Waals surface area contributed by atoms with Crippen molar-refractivity contribution in [2.75, 3.05) is 19.3 Å². The van der Waals surface area contributed by atoms with Crippen LogP contribution in [0.15, 0.2) is 24.3 Å². The van der Waals surface area contributed by atoms with Crippen molar-refractivity contribution in [2.45, 2.75) is 58.2 Å². The molecule has 0 spiro atoms. The van der Waals surface area contributed by atoms with Gasteiger partial charge in [-0.15, -0.1) is 0 Å². The van der Waals surface area contributed by atoms with Crippen molar-refractivity contribution in [1.29, 1.82) is 5.26 Å². The van der Waals surface area contributed by atoms with Crippen LogP contribution in [0, 0.1) is 18.3 Å². The highest BCUT2D eigenvalue weighted by Gasteiger charge is 2.29. The first kappa shape index (κ1) is 29.1. The van der Waals surface area contributed by atoms with Gasteiger partial charge in [0.25, 0.3) is 10.1 Å². The highest BCUT2D eigenvalue weighted by Crippen LogP contribution is 2.28. The van der Waals surface area contributed by atoms with Crippen LogP contribution in [-0.2, 0) is 21.5 Å². The summed E-state index contributed by atoms with van der Waals surface area (Å²) in [6.07, 6.45) is 3.18. The first-order chi connectivity index (χ1) is 16.2. The fraction of sp³-hybridized carbons (Fsp3) is 0.522.